The number of aromatic nitrogens is 2. The molecule has 1 N–H and O–H groups in total. The molecule has 0 bridgehead atoms. The lowest BCUT2D eigenvalue weighted by atomic mass is 10.1. The molecule has 0 amide bonds. The van der Waals surface area contributed by atoms with Gasteiger partial charge < -0.3 is 9.51 Å². The van der Waals surface area contributed by atoms with Gasteiger partial charge in [-0.2, -0.15) is 0 Å². The fourth-order valence-corrected chi connectivity index (χ4v) is 1.77. The van der Waals surface area contributed by atoms with Gasteiger partial charge in [-0.1, -0.05) is 0 Å². The number of nitrogens with zero attached hydrogens (tertiary/aromatic N) is 2. The number of rotatable bonds is 1. The van der Waals surface area contributed by atoms with Crippen LogP contribution >= 0.6 is 12.4 Å². The van der Waals surface area contributed by atoms with E-state index in [1.807, 2.05) is 4.40 Å². The maximum Gasteiger partial charge on any atom is 0.337 e. The van der Waals surface area contributed by atoms with Crippen LogP contribution in [-0.2, 0) is 0 Å². The quantitative estimate of drug-likeness (QED) is 0.810. The van der Waals surface area contributed by atoms with E-state index in [0.29, 0.717) is 5.56 Å². The summed E-state index contributed by atoms with van der Waals surface area (Å²) in [7, 11) is 0. The van der Waals surface area contributed by atoms with E-state index < -0.39 is 5.97 Å². The zero-order valence-corrected chi connectivity index (χ0v) is 9.21. The van der Waals surface area contributed by atoms with E-state index in [4.69, 9.17) is 5.11 Å². The van der Waals surface area contributed by atoms with Crippen molar-refractivity contribution < 1.29 is 9.90 Å². The van der Waals surface area contributed by atoms with Crippen molar-refractivity contribution in [1.82, 2.24) is 9.38 Å². The Balaban J connectivity index is 0.00000112. The van der Waals surface area contributed by atoms with Gasteiger partial charge in [0.1, 0.15) is 0 Å². The lowest BCUT2D eigenvalue weighted by molar-refractivity contribution is 0.0695. The standard InChI is InChI=1S/C10H10N2O2.ClH/c1-6-8-5-11-3-4-12(8)7(2)9(6)10(13)14;/h3-5H,1-2H3,(H,13,14);1H. The highest BCUT2D eigenvalue weighted by Crippen LogP contribution is 2.21. The molecule has 0 unspecified atom stereocenters. The number of hydrogen-bond acceptors (Lipinski definition) is 2. The van der Waals surface area contributed by atoms with E-state index in [1.54, 1.807) is 32.4 Å². The summed E-state index contributed by atoms with van der Waals surface area (Å²) in [6.07, 6.45) is 5.09. The first-order valence-electron chi connectivity index (χ1n) is 4.27. The van der Waals surface area contributed by atoms with Crippen LogP contribution in [0.3, 0.4) is 0 Å². The largest absolute Gasteiger partial charge is 0.478 e. The molecule has 5 heteroatoms. The van der Waals surface area contributed by atoms with Crippen LogP contribution < -0.4 is 0 Å². The maximum atomic E-state index is 11.0. The molecule has 0 aliphatic heterocycles. The van der Waals surface area contributed by atoms with Gasteiger partial charge in [0.15, 0.2) is 0 Å². The zero-order valence-electron chi connectivity index (χ0n) is 8.39. The summed E-state index contributed by atoms with van der Waals surface area (Å²) in [6, 6.07) is 0. The van der Waals surface area contributed by atoms with Crippen LogP contribution in [0.2, 0.25) is 0 Å². The third-order valence-corrected chi connectivity index (χ3v) is 2.45. The second-order valence-electron chi connectivity index (χ2n) is 3.22. The molecule has 0 fully saturated rings. The van der Waals surface area contributed by atoms with Crippen molar-refractivity contribution in [1.29, 1.82) is 0 Å². The van der Waals surface area contributed by atoms with Crippen molar-refractivity contribution in [2.24, 2.45) is 0 Å². The van der Waals surface area contributed by atoms with E-state index in [0.717, 1.165) is 16.8 Å². The molecular formula is C10H11ClN2O2. The first-order chi connectivity index (χ1) is 6.63. The Morgan fingerprint density at radius 3 is 2.67 bits per heavy atom. The van der Waals surface area contributed by atoms with Crippen molar-refractivity contribution >= 4 is 23.9 Å². The first kappa shape index (κ1) is 11.5. The molecule has 15 heavy (non-hydrogen) atoms. The van der Waals surface area contributed by atoms with Gasteiger partial charge in [-0.3, -0.25) is 4.98 Å². The third kappa shape index (κ3) is 1.57. The Hall–Kier alpha value is -1.55. The summed E-state index contributed by atoms with van der Waals surface area (Å²) in [4.78, 5) is 15.0. The predicted molar refractivity (Wildman–Crippen MR) is 58.9 cm³/mol. The molecule has 0 aromatic carbocycles. The minimum Gasteiger partial charge on any atom is -0.478 e. The van der Waals surface area contributed by atoms with Gasteiger partial charge in [0.25, 0.3) is 0 Å². The summed E-state index contributed by atoms with van der Waals surface area (Å²) >= 11 is 0. The molecule has 4 nitrogen and oxygen atoms in total. The van der Waals surface area contributed by atoms with Crippen LogP contribution in [0.15, 0.2) is 18.6 Å². The number of carboxylic acids is 1. The van der Waals surface area contributed by atoms with E-state index in [1.165, 1.54) is 0 Å². The average Bonchev–Trinajstić information content (AvgIpc) is 2.41. The monoisotopic (exact) mass is 226 g/mol. The van der Waals surface area contributed by atoms with Gasteiger partial charge >= 0.3 is 5.97 Å². The maximum absolute atomic E-state index is 11.0. The minimum atomic E-state index is -0.885. The molecule has 0 aliphatic carbocycles. The molecule has 0 radical (unpaired) electrons. The SMILES string of the molecule is Cc1c(C(=O)O)c(C)n2ccncc12.Cl. The Morgan fingerprint density at radius 1 is 1.47 bits per heavy atom. The summed E-state index contributed by atoms with van der Waals surface area (Å²) < 4.78 is 1.84. The number of fused-ring (bicyclic) bond motifs is 1. The van der Waals surface area contributed by atoms with Crippen molar-refractivity contribution in [3.63, 3.8) is 0 Å². The van der Waals surface area contributed by atoms with Gasteiger partial charge in [0.2, 0.25) is 0 Å². The average molecular weight is 227 g/mol. The van der Waals surface area contributed by atoms with Crippen LogP contribution in [0.25, 0.3) is 5.52 Å². The lowest BCUT2D eigenvalue weighted by Crippen LogP contribution is -1.99. The molecule has 2 heterocycles. The predicted octanol–water partition coefficient (Wildman–Crippen LogP) is 2.07. The van der Waals surface area contributed by atoms with Crippen LogP contribution in [0.5, 0.6) is 0 Å². The Morgan fingerprint density at radius 2 is 2.13 bits per heavy atom. The van der Waals surface area contributed by atoms with Crippen LogP contribution in [0, 0.1) is 13.8 Å². The normalized spacial score (nSPS) is 10.0. The minimum absolute atomic E-state index is 0. The molecule has 80 valence electrons. The Bertz CT molecular complexity index is 480. The zero-order chi connectivity index (χ0) is 10.3. The van der Waals surface area contributed by atoms with Crippen molar-refractivity contribution in [2.75, 3.05) is 0 Å². The fourth-order valence-electron chi connectivity index (χ4n) is 1.77. The highest BCUT2D eigenvalue weighted by Gasteiger charge is 2.17. The molecule has 0 saturated heterocycles. The number of carboxylic acid groups (broad SMARTS) is 1. The van der Waals surface area contributed by atoms with Gasteiger partial charge in [-0.05, 0) is 19.4 Å². The van der Waals surface area contributed by atoms with Crippen LogP contribution in [0.4, 0.5) is 0 Å². The molecule has 0 spiro atoms. The second kappa shape index (κ2) is 3.90. The lowest BCUT2D eigenvalue weighted by Gasteiger charge is -1.95. The first-order valence-corrected chi connectivity index (χ1v) is 4.27. The molecule has 0 saturated carbocycles. The fraction of sp³-hybridized carbons (Fsp3) is 0.200. The highest BCUT2D eigenvalue weighted by atomic mass is 35.5. The van der Waals surface area contributed by atoms with Gasteiger partial charge in [0, 0.05) is 18.1 Å². The summed E-state index contributed by atoms with van der Waals surface area (Å²) in [5.41, 5.74) is 2.73. The number of aromatic carboxylic acids is 1. The van der Waals surface area contributed by atoms with E-state index >= 15 is 0 Å². The van der Waals surface area contributed by atoms with E-state index in [2.05, 4.69) is 4.98 Å². The van der Waals surface area contributed by atoms with E-state index in [9.17, 15) is 4.79 Å². The van der Waals surface area contributed by atoms with Crippen molar-refractivity contribution in [3.05, 3.63) is 35.4 Å². The topological polar surface area (TPSA) is 54.6 Å². The number of halogens is 1. The van der Waals surface area contributed by atoms with Crippen molar-refractivity contribution in [2.45, 2.75) is 13.8 Å². The highest BCUT2D eigenvalue weighted by molar-refractivity contribution is 5.93. The number of hydrogen-bond donors (Lipinski definition) is 1. The smallest absolute Gasteiger partial charge is 0.337 e. The van der Waals surface area contributed by atoms with Gasteiger partial charge in [-0.15, -0.1) is 12.4 Å². The summed E-state index contributed by atoms with van der Waals surface area (Å²) in [5, 5.41) is 9.01. The second-order valence-corrected chi connectivity index (χ2v) is 3.22. The molecule has 2 rings (SSSR count). The number of aryl methyl sites for hydroxylation is 2. The molecule has 2 aromatic rings. The summed E-state index contributed by atoms with van der Waals surface area (Å²) in [5.74, 6) is -0.885. The molecule has 0 aliphatic rings. The Kier molecular flexibility index (Phi) is 3.00. The summed E-state index contributed by atoms with van der Waals surface area (Å²) in [6.45, 7) is 3.59. The van der Waals surface area contributed by atoms with Crippen molar-refractivity contribution in [3.8, 4) is 0 Å². The number of carbonyl (C=O) groups is 1. The third-order valence-electron chi connectivity index (χ3n) is 2.45. The van der Waals surface area contributed by atoms with E-state index in [-0.39, 0.29) is 12.4 Å². The van der Waals surface area contributed by atoms with Gasteiger partial charge in [0.05, 0.1) is 17.3 Å². The molecule has 2 aromatic heterocycles. The van der Waals surface area contributed by atoms with Crippen LogP contribution in [0.1, 0.15) is 21.6 Å². The van der Waals surface area contributed by atoms with Crippen LogP contribution in [-0.4, -0.2) is 20.5 Å². The molecular weight excluding hydrogens is 216 g/mol. The molecule has 0 atom stereocenters. The Labute approximate surface area is 93.0 Å². The van der Waals surface area contributed by atoms with Gasteiger partial charge in [-0.25, -0.2) is 4.79 Å².